The Labute approximate surface area is 171 Å². The van der Waals surface area contributed by atoms with Crippen LogP contribution < -0.4 is 10.6 Å². The number of piperidine rings is 1. The zero-order valence-electron chi connectivity index (χ0n) is 16.6. The van der Waals surface area contributed by atoms with Gasteiger partial charge < -0.3 is 10.6 Å². The molecule has 0 saturated carbocycles. The monoisotopic (exact) mass is 446 g/mol. The zero-order valence-corrected chi connectivity index (χ0v) is 18.2. The minimum atomic E-state index is -3.68. The quantitative estimate of drug-likeness (QED) is 0.564. The Morgan fingerprint density at radius 3 is 2.52 bits per heavy atom. The Morgan fingerprint density at radius 1 is 1.21 bits per heavy atom. The highest BCUT2D eigenvalue weighted by Crippen LogP contribution is 2.15. The highest BCUT2D eigenvalue weighted by molar-refractivity contribution is 7.89. The molecule has 2 amide bonds. The average Bonchev–Trinajstić information content (AvgIpc) is 2.65. The first-order valence-corrected chi connectivity index (χ1v) is 12.3. The predicted octanol–water partition coefficient (Wildman–Crippen LogP) is -0.793. The molecule has 1 aromatic rings. The smallest absolute Gasteiger partial charge is 0.251 e. The molecule has 1 atom stereocenters. The van der Waals surface area contributed by atoms with Crippen molar-refractivity contribution in [1.82, 2.24) is 19.2 Å². The van der Waals surface area contributed by atoms with Crippen LogP contribution in [0.25, 0.3) is 0 Å². The molecule has 1 heterocycles. The first-order valence-electron chi connectivity index (χ1n) is 8.96. The molecule has 0 spiro atoms. The molecule has 0 aliphatic carbocycles. The van der Waals surface area contributed by atoms with E-state index in [1.165, 1.54) is 42.7 Å². The van der Waals surface area contributed by atoms with E-state index in [-0.39, 0.29) is 29.6 Å². The Kier molecular flexibility index (Phi) is 7.38. The summed E-state index contributed by atoms with van der Waals surface area (Å²) in [6.45, 7) is 0.315. The minimum absolute atomic E-state index is 0.0253. The predicted molar refractivity (Wildman–Crippen MR) is 107 cm³/mol. The van der Waals surface area contributed by atoms with Gasteiger partial charge in [-0.05, 0) is 31.0 Å². The van der Waals surface area contributed by atoms with Gasteiger partial charge in [-0.15, -0.1) is 0 Å². The van der Waals surface area contributed by atoms with Gasteiger partial charge in [-0.25, -0.2) is 25.4 Å². The third kappa shape index (κ3) is 6.23. The molecule has 0 aromatic heterocycles. The summed E-state index contributed by atoms with van der Waals surface area (Å²) < 4.78 is 50.0. The Hall–Kier alpha value is -2.02. The lowest BCUT2D eigenvalue weighted by molar-refractivity contribution is -0.121. The first-order chi connectivity index (χ1) is 13.4. The van der Waals surface area contributed by atoms with Gasteiger partial charge in [0.25, 0.3) is 5.91 Å². The van der Waals surface area contributed by atoms with Gasteiger partial charge in [-0.3, -0.25) is 9.59 Å². The molecule has 0 radical (unpaired) electrons. The second-order valence-corrected chi connectivity index (χ2v) is 11.2. The van der Waals surface area contributed by atoms with Crippen LogP contribution >= 0.6 is 0 Å². The fourth-order valence-corrected chi connectivity index (χ4v) is 4.77. The van der Waals surface area contributed by atoms with Crippen LogP contribution in [0.5, 0.6) is 0 Å². The molecule has 162 valence electrons. The van der Waals surface area contributed by atoms with Crippen LogP contribution in [-0.2, 0) is 24.8 Å². The highest BCUT2D eigenvalue weighted by Gasteiger charge is 2.27. The van der Waals surface area contributed by atoms with E-state index in [4.69, 9.17) is 0 Å². The summed E-state index contributed by atoms with van der Waals surface area (Å²) in [6, 6.07) is 5.21. The minimum Gasteiger partial charge on any atom is -0.351 e. The number of carbonyl (C=O) groups is 2. The fraction of sp³-hybridized carbons (Fsp3) is 0.529. The van der Waals surface area contributed by atoms with Crippen LogP contribution in [0.15, 0.2) is 29.2 Å². The number of hydrogen-bond acceptors (Lipinski definition) is 6. The lowest BCUT2D eigenvalue weighted by Crippen LogP contribution is -2.51. The molecular formula is C17H26N4O6S2. The van der Waals surface area contributed by atoms with Crippen molar-refractivity contribution in [3.05, 3.63) is 29.8 Å². The maximum atomic E-state index is 12.3. The van der Waals surface area contributed by atoms with E-state index in [0.717, 1.165) is 10.6 Å². The second-order valence-electron chi connectivity index (χ2n) is 7.03. The molecule has 1 fully saturated rings. The Balaban J connectivity index is 1.93. The van der Waals surface area contributed by atoms with E-state index in [1.54, 1.807) is 0 Å². The van der Waals surface area contributed by atoms with E-state index in [1.807, 2.05) is 0 Å². The summed E-state index contributed by atoms with van der Waals surface area (Å²) in [7, 11) is -4.22. The van der Waals surface area contributed by atoms with Gasteiger partial charge in [0.1, 0.15) is 0 Å². The number of carbonyl (C=O) groups excluding carboxylic acids is 2. The van der Waals surface area contributed by atoms with E-state index in [0.29, 0.717) is 19.4 Å². The maximum Gasteiger partial charge on any atom is 0.251 e. The Morgan fingerprint density at radius 2 is 1.90 bits per heavy atom. The van der Waals surface area contributed by atoms with Crippen molar-refractivity contribution in [1.29, 1.82) is 0 Å². The summed E-state index contributed by atoms with van der Waals surface area (Å²) in [5.74, 6) is -1.03. The molecule has 1 aliphatic heterocycles. The molecule has 1 aromatic carbocycles. The summed E-state index contributed by atoms with van der Waals surface area (Å²) >= 11 is 0. The second kappa shape index (κ2) is 9.20. The molecule has 12 heteroatoms. The van der Waals surface area contributed by atoms with Crippen molar-refractivity contribution in [3.8, 4) is 0 Å². The van der Waals surface area contributed by atoms with Gasteiger partial charge in [-0.1, -0.05) is 6.07 Å². The third-order valence-corrected chi connectivity index (χ3v) is 7.58. The van der Waals surface area contributed by atoms with Crippen molar-refractivity contribution >= 4 is 31.9 Å². The van der Waals surface area contributed by atoms with Crippen LogP contribution in [0, 0.1) is 0 Å². The molecule has 0 bridgehead atoms. The van der Waals surface area contributed by atoms with Crippen molar-refractivity contribution < 1.29 is 26.4 Å². The molecule has 1 unspecified atom stereocenters. The lowest BCUT2D eigenvalue weighted by atomic mass is 10.1. The first kappa shape index (κ1) is 23.3. The summed E-state index contributed by atoms with van der Waals surface area (Å²) in [6.07, 6.45) is 2.41. The molecule has 10 nitrogen and oxygen atoms in total. The van der Waals surface area contributed by atoms with E-state index in [2.05, 4.69) is 10.6 Å². The summed E-state index contributed by atoms with van der Waals surface area (Å²) in [5.41, 5.74) is 0.113. The fourth-order valence-electron chi connectivity index (χ4n) is 2.91. The number of hydrogen-bond donors (Lipinski definition) is 2. The van der Waals surface area contributed by atoms with Gasteiger partial charge in [0.2, 0.25) is 26.0 Å². The molecule has 29 heavy (non-hydrogen) atoms. The number of sulfonamides is 2. The molecule has 1 saturated heterocycles. The number of amides is 2. The molecule has 2 N–H and O–H groups in total. The van der Waals surface area contributed by atoms with Gasteiger partial charge in [0, 0.05) is 38.8 Å². The van der Waals surface area contributed by atoms with Crippen LogP contribution in [-0.4, -0.2) is 83.3 Å². The van der Waals surface area contributed by atoms with Gasteiger partial charge in [0.15, 0.2) is 0 Å². The van der Waals surface area contributed by atoms with Crippen molar-refractivity contribution in [2.45, 2.75) is 23.8 Å². The van der Waals surface area contributed by atoms with E-state index in [9.17, 15) is 26.4 Å². The van der Waals surface area contributed by atoms with Crippen molar-refractivity contribution in [2.75, 3.05) is 40.0 Å². The SMILES string of the molecule is CN(C)S(=O)(=O)c1cccc(C(=O)NCC(=O)NC2CCCN(S(C)(=O)=O)C2)c1. The number of nitrogens with zero attached hydrogens (tertiary/aromatic N) is 2. The van der Waals surface area contributed by atoms with Gasteiger partial charge in [0.05, 0.1) is 17.7 Å². The van der Waals surface area contributed by atoms with Gasteiger partial charge >= 0.3 is 0 Å². The number of nitrogens with one attached hydrogen (secondary N) is 2. The van der Waals surface area contributed by atoms with E-state index >= 15 is 0 Å². The summed E-state index contributed by atoms with van der Waals surface area (Å²) in [5, 5.41) is 5.16. The van der Waals surface area contributed by atoms with Crippen molar-refractivity contribution in [3.63, 3.8) is 0 Å². The molecule has 2 rings (SSSR count). The summed E-state index contributed by atoms with van der Waals surface area (Å²) in [4.78, 5) is 24.4. The van der Waals surface area contributed by atoms with Crippen LogP contribution in [0.2, 0.25) is 0 Å². The largest absolute Gasteiger partial charge is 0.351 e. The maximum absolute atomic E-state index is 12.3. The normalized spacial score (nSPS) is 18.4. The lowest BCUT2D eigenvalue weighted by Gasteiger charge is -2.31. The molecule has 1 aliphatic rings. The number of benzene rings is 1. The van der Waals surface area contributed by atoms with Crippen LogP contribution in [0.4, 0.5) is 0 Å². The van der Waals surface area contributed by atoms with Gasteiger partial charge in [-0.2, -0.15) is 0 Å². The van der Waals surface area contributed by atoms with Crippen LogP contribution in [0.3, 0.4) is 0 Å². The highest BCUT2D eigenvalue weighted by atomic mass is 32.2. The van der Waals surface area contributed by atoms with E-state index < -0.39 is 31.9 Å². The molecular weight excluding hydrogens is 420 g/mol. The Bertz CT molecular complexity index is 975. The van der Waals surface area contributed by atoms with Crippen molar-refractivity contribution in [2.24, 2.45) is 0 Å². The third-order valence-electron chi connectivity index (χ3n) is 4.50. The topological polar surface area (TPSA) is 133 Å². The average molecular weight is 447 g/mol. The van der Waals surface area contributed by atoms with Crippen LogP contribution in [0.1, 0.15) is 23.2 Å². The standard InChI is InChI=1S/C17H26N4O6S2/c1-20(2)29(26,27)15-8-4-6-13(10-15)17(23)18-11-16(22)19-14-7-5-9-21(12-14)28(3,24)25/h4,6,8,10,14H,5,7,9,11-12H2,1-3H3,(H,18,23)(H,19,22). The number of rotatable bonds is 7. The zero-order chi connectivity index (χ0) is 21.8.